The highest BCUT2D eigenvalue weighted by atomic mass is 16.7. The SMILES string of the molecule is Cc1ccc(-c2cnc(NC(=O)C3(c4ccc5c(c4)OCO5)CC3)c(C)c2C)cc1.[HH]. The molecule has 5 nitrogen and oxygen atoms in total. The van der Waals surface area contributed by atoms with Crippen LogP contribution in [0.3, 0.4) is 0 Å². The van der Waals surface area contributed by atoms with Crippen LogP contribution in [0.15, 0.2) is 48.7 Å². The van der Waals surface area contributed by atoms with Crippen molar-refractivity contribution in [2.24, 2.45) is 0 Å². The summed E-state index contributed by atoms with van der Waals surface area (Å²) >= 11 is 0. The third kappa shape index (κ3) is 3.02. The lowest BCUT2D eigenvalue weighted by molar-refractivity contribution is -0.118. The molecule has 5 rings (SSSR count). The van der Waals surface area contributed by atoms with Crippen LogP contribution in [0.25, 0.3) is 11.1 Å². The number of rotatable bonds is 4. The number of fused-ring (bicyclic) bond motifs is 1. The van der Waals surface area contributed by atoms with Crippen molar-refractivity contribution in [3.8, 4) is 22.6 Å². The summed E-state index contributed by atoms with van der Waals surface area (Å²) in [6.45, 7) is 6.39. The molecule has 154 valence electrons. The Labute approximate surface area is 177 Å². The zero-order chi connectivity index (χ0) is 20.9. The van der Waals surface area contributed by atoms with Crippen LogP contribution in [0.2, 0.25) is 0 Å². The van der Waals surface area contributed by atoms with Crippen LogP contribution in [0, 0.1) is 20.8 Å². The maximum atomic E-state index is 13.2. The van der Waals surface area contributed by atoms with E-state index in [9.17, 15) is 4.79 Å². The van der Waals surface area contributed by atoms with Crippen LogP contribution >= 0.6 is 0 Å². The first-order chi connectivity index (χ1) is 14.5. The smallest absolute Gasteiger partial charge is 0.236 e. The second kappa shape index (κ2) is 6.87. The van der Waals surface area contributed by atoms with Gasteiger partial charge in [-0.25, -0.2) is 4.98 Å². The number of pyridine rings is 1. The van der Waals surface area contributed by atoms with Crippen molar-refractivity contribution in [2.45, 2.75) is 39.0 Å². The third-order valence-corrected chi connectivity index (χ3v) is 6.35. The van der Waals surface area contributed by atoms with E-state index >= 15 is 0 Å². The molecule has 2 aliphatic rings. The van der Waals surface area contributed by atoms with E-state index < -0.39 is 5.41 Å². The van der Waals surface area contributed by atoms with Crippen molar-refractivity contribution in [3.05, 3.63) is 70.9 Å². The van der Waals surface area contributed by atoms with Crippen LogP contribution in [0.1, 0.15) is 36.5 Å². The Balaban J connectivity index is 0.00000231. The topological polar surface area (TPSA) is 60.5 Å². The Morgan fingerprint density at radius 3 is 2.47 bits per heavy atom. The second-order valence-corrected chi connectivity index (χ2v) is 8.24. The normalized spacial score (nSPS) is 15.7. The summed E-state index contributed by atoms with van der Waals surface area (Å²) in [5, 5.41) is 3.09. The van der Waals surface area contributed by atoms with Gasteiger partial charge in [-0.1, -0.05) is 35.9 Å². The molecule has 0 radical (unpaired) electrons. The largest absolute Gasteiger partial charge is 0.454 e. The Morgan fingerprint density at radius 1 is 1.00 bits per heavy atom. The molecule has 1 N–H and O–H groups in total. The number of carbonyl (C=O) groups is 1. The van der Waals surface area contributed by atoms with E-state index in [1.165, 1.54) is 5.56 Å². The first kappa shape index (κ1) is 18.7. The van der Waals surface area contributed by atoms with Gasteiger partial charge in [0.25, 0.3) is 0 Å². The minimum Gasteiger partial charge on any atom is -0.454 e. The van der Waals surface area contributed by atoms with E-state index in [0.29, 0.717) is 11.6 Å². The van der Waals surface area contributed by atoms with Crippen LogP contribution in [0.5, 0.6) is 11.5 Å². The molecule has 0 spiro atoms. The van der Waals surface area contributed by atoms with Gasteiger partial charge in [-0.15, -0.1) is 0 Å². The van der Waals surface area contributed by atoms with E-state index in [1.54, 1.807) is 0 Å². The summed E-state index contributed by atoms with van der Waals surface area (Å²) < 4.78 is 10.9. The van der Waals surface area contributed by atoms with Gasteiger partial charge >= 0.3 is 0 Å². The van der Waals surface area contributed by atoms with Gasteiger partial charge < -0.3 is 14.8 Å². The van der Waals surface area contributed by atoms with Crippen molar-refractivity contribution in [2.75, 3.05) is 12.1 Å². The molecular formula is C25H26N2O3. The molecule has 1 aliphatic carbocycles. The Hall–Kier alpha value is -3.34. The van der Waals surface area contributed by atoms with Gasteiger partial charge in [-0.2, -0.15) is 0 Å². The molecule has 0 unspecified atom stereocenters. The fraction of sp³-hybridized carbons (Fsp3) is 0.280. The van der Waals surface area contributed by atoms with Crippen molar-refractivity contribution in [1.82, 2.24) is 4.98 Å². The molecule has 30 heavy (non-hydrogen) atoms. The molecule has 5 heteroatoms. The van der Waals surface area contributed by atoms with Crippen LogP contribution in [0.4, 0.5) is 5.82 Å². The third-order valence-electron chi connectivity index (χ3n) is 6.35. The van der Waals surface area contributed by atoms with Crippen molar-refractivity contribution >= 4 is 11.7 Å². The zero-order valence-electron chi connectivity index (χ0n) is 17.4. The average molecular weight is 402 g/mol. The molecule has 1 aliphatic heterocycles. The number of anilines is 1. The molecular weight excluding hydrogens is 376 g/mol. The van der Waals surface area contributed by atoms with Gasteiger partial charge in [-0.05, 0) is 68.0 Å². The summed E-state index contributed by atoms with van der Waals surface area (Å²) in [5.41, 5.74) is 6.00. The molecule has 1 fully saturated rings. The highest BCUT2D eigenvalue weighted by molar-refractivity contribution is 6.01. The lowest BCUT2D eigenvalue weighted by Gasteiger charge is -2.18. The van der Waals surface area contributed by atoms with Gasteiger partial charge in [0.2, 0.25) is 12.7 Å². The Bertz CT molecular complexity index is 1150. The number of nitrogens with one attached hydrogen (secondary N) is 1. The Morgan fingerprint density at radius 2 is 1.73 bits per heavy atom. The average Bonchev–Trinajstić information content (AvgIpc) is 3.43. The predicted molar refractivity (Wildman–Crippen MR) is 118 cm³/mol. The number of aryl methyl sites for hydroxylation is 1. The molecule has 0 atom stereocenters. The van der Waals surface area contributed by atoms with Gasteiger partial charge in [-0.3, -0.25) is 4.79 Å². The van der Waals surface area contributed by atoms with Crippen molar-refractivity contribution in [3.63, 3.8) is 0 Å². The summed E-state index contributed by atoms with van der Waals surface area (Å²) in [4.78, 5) is 17.8. The quantitative estimate of drug-likeness (QED) is 0.642. The van der Waals surface area contributed by atoms with Crippen LogP contribution in [-0.2, 0) is 10.2 Å². The summed E-state index contributed by atoms with van der Waals surface area (Å²) in [6.07, 6.45) is 3.48. The number of nitrogens with zero attached hydrogens (tertiary/aromatic N) is 1. The van der Waals surface area contributed by atoms with Crippen molar-refractivity contribution in [1.29, 1.82) is 0 Å². The van der Waals surface area contributed by atoms with Gasteiger partial charge in [0, 0.05) is 13.2 Å². The monoisotopic (exact) mass is 402 g/mol. The lowest BCUT2D eigenvalue weighted by atomic mass is 9.94. The second-order valence-electron chi connectivity index (χ2n) is 8.24. The number of benzene rings is 2. The summed E-state index contributed by atoms with van der Waals surface area (Å²) in [5.74, 6) is 2.05. The zero-order valence-corrected chi connectivity index (χ0v) is 17.4. The molecule has 0 bridgehead atoms. The fourth-order valence-corrected chi connectivity index (χ4v) is 4.05. The molecule has 1 saturated carbocycles. The minimum absolute atomic E-state index is 0. The molecule has 0 saturated heterocycles. The first-order valence-electron chi connectivity index (χ1n) is 10.2. The van der Waals surface area contributed by atoms with E-state index in [4.69, 9.17) is 9.47 Å². The highest BCUT2D eigenvalue weighted by Crippen LogP contribution is 2.51. The van der Waals surface area contributed by atoms with Crippen molar-refractivity contribution < 1.29 is 15.7 Å². The van der Waals surface area contributed by atoms with Crippen LogP contribution in [-0.4, -0.2) is 17.7 Å². The molecule has 2 aromatic carbocycles. The van der Waals surface area contributed by atoms with Crippen LogP contribution < -0.4 is 14.8 Å². The number of carbonyl (C=O) groups excluding carboxylic acids is 1. The van der Waals surface area contributed by atoms with E-state index in [-0.39, 0.29) is 14.1 Å². The molecule has 1 amide bonds. The van der Waals surface area contributed by atoms with E-state index in [2.05, 4.69) is 48.4 Å². The standard InChI is InChI=1S/C25H24N2O3.H2/c1-15-4-6-18(7-5-15)20-13-26-23(17(3)16(20)2)27-24(28)25(10-11-25)19-8-9-21-22(12-19)30-14-29-21;/h4-9,12-13H,10-11,14H2,1-3H3,(H,26,27,28);1H. The number of aromatic nitrogens is 1. The number of amides is 1. The van der Waals surface area contributed by atoms with Gasteiger partial charge in [0.15, 0.2) is 11.5 Å². The molecule has 1 aromatic heterocycles. The maximum Gasteiger partial charge on any atom is 0.236 e. The molecule has 2 heterocycles. The van der Waals surface area contributed by atoms with E-state index in [1.807, 2.05) is 31.3 Å². The number of hydrogen-bond acceptors (Lipinski definition) is 4. The predicted octanol–water partition coefficient (Wildman–Crippen LogP) is 5.32. The first-order valence-corrected chi connectivity index (χ1v) is 10.2. The van der Waals surface area contributed by atoms with Gasteiger partial charge in [0.1, 0.15) is 5.82 Å². The number of hydrogen-bond donors (Lipinski definition) is 1. The van der Waals surface area contributed by atoms with E-state index in [0.717, 1.165) is 46.4 Å². The number of ether oxygens (including phenoxy) is 2. The summed E-state index contributed by atoms with van der Waals surface area (Å²) in [7, 11) is 0. The fourth-order valence-electron chi connectivity index (χ4n) is 4.05. The maximum absolute atomic E-state index is 13.2. The molecule has 3 aromatic rings. The summed E-state index contributed by atoms with van der Waals surface area (Å²) in [6, 6.07) is 14.2. The highest BCUT2D eigenvalue weighted by Gasteiger charge is 2.52. The van der Waals surface area contributed by atoms with Gasteiger partial charge in [0.05, 0.1) is 5.41 Å². The minimum atomic E-state index is -0.515. The lowest BCUT2D eigenvalue weighted by Crippen LogP contribution is -2.28. The Kier molecular flexibility index (Phi) is 4.28.